The zero-order valence-electron chi connectivity index (χ0n) is 19.7. The Morgan fingerprint density at radius 3 is 2.42 bits per heavy atom. The van der Waals surface area contributed by atoms with E-state index in [1.165, 1.54) is 0 Å². The van der Waals surface area contributed by atoms with Gasteiger partial charge in [0.05, 0.1) is 59.2 Å². The molecule has 0 atom stereocenters. The number of hydrogen-bond donors (Lipinski definition) is 3. The minimum absolute atomic E-state index is 0.0376. The summed E-state index contributed by atoms with van der Waals surface area (Å²) < 4.78 is 6.92. The molecule has 3 fully saturated rings. The molecule has 3 aliphatic rings. The van der Waals surface area contributed by atoms with Crippen molar-refractivity contribution in [3.63, 3.8) is 0 Å². The Morgan fingerprint density at radius 2 is 1.69 bits per heavy atom. The van der Waals surface area contributed by atoms with Crippen LogP contribution in [-0.4, -0.2) is 62.7 Å². The average molecular weight is 510 g/mol. The first kappa shape index (κ1) is 23.2. The van der Waals surface area contributed by atoms with Crippen LogP contribution in [0.5, 0.6) is 0 Å². The summed E-state index contributed by atoms with van der Waals surface area (Å²) in [6.45, 7) is 1.17. The van der Waals surface area contributed by atoms with E-state index >= 15 is 0 Å². The minimum atomic E-state index is -0.174. The zero-order chi connectivity index (χ0) is 24.6. The van der Waals surface area contributed by atoms with Crippen LogP contribution in [0.4, 0.5) is 5.69 Å². The molecule has 0 bridgehead atoms. The van der Waals surface area contributed by atoms with Crippen molar-refractivity contribution >= 4 is 34.7 Å². The van der Waals surface area contributed by atoms with E-state index in [2.05, 4.69) is 31.0 Å². The number of hydrogen-bond acceptors (Lipinski definition) is 7. The first-order chi connectivity index (χ1) is 17.5. The van der Waals surface area contributed by atoms with Crippen LogP contribution < -0.4 is 16.0 Å². The second-order valence-electron chi connectivity index (χ2n) is 9.90. The molecule has 4 heterocycles. The van der Waals surface area contributed by atoms with Gasteiger partial charge in [-0.15, -0.1) is 0 Å². The van der Waals surface area contributed by atoms with Crippen LogP contribution in [0.2, 0.25) is 5.02 Å². The molecule has 11 heteroatoms. The van der Waals surface area contributed by atoms with E-state index in [1.54, 1.807) is 29.3 Å². The standard InChI is InChI=1S/C25H28ClN7O3/c26-15-8-28-23-19(10-29-33(23)11-15)21-7-22(30-18-12-36-13-18)20(9-27-21)25(35)32-16-3-1-14(2-4-16)24(34)31-17-5-6-17/h7-11,14,16-18H,1-6,12-13H2,(H,27,30)(H,31,34)(H,32,35). The lowest BCUT2D eigenvalue weighted by atomic mass is 9.85. The lowest BCUT2D eigenvalue weighted by molar-refractivity contribution is -0.126. The first-order valence-corrected chi connectivity index (χ1v) is 12.9. The van der Waals surface area contributed by atoms with E-state index in [4.69, 9.17) is 16.3 Å². The number of rotatable bonds is 7. The number of carbonyl (C=O) groups is 2. The Balaban J connectivity index is 1.18. The van der Waals surface area contributed by atoms with Crippen molar-refractivity contribution in [1.29, 1.82) is 0 Å². The van der Waals surface area contributed by atoms with Gasteiger partial charge in [0.25, 0.3) is 5.91 Å². The number of aromatic nitrogens is 4. The fraction of sp³-hybridized carbons (Fsp3) is 0.480. The summed E-state index contributed by atoms with van der Waals surface area (Å²) in [6, 6.07) is 2.41. The van der Waals surface area contributed by atoms with Gasteiger partial charge in [0.2, 0.25) is 5.91 Å². The lowest BCUT2D eigenvalue weighted by Gasteiger charge is -2.30. The van der Waals surface area contributed by atoms with Crippen LogP contribution in [0.25, 0.3) is 16.9 Å². The van der Waals surface area contributed by atoms with Gasteiger partial charge in [-0.1, -0.05) is 11.6 Å². The fourth-order valence-corrected chi connectivity index (χ4v) is 4.93. The van der Waals surface area contributed by atoms with Crippen LogP contribution in [0.3, 0.4) is 0 Å². The molecule has 10 nitrogen and oxygen atoms in total. The predicted octanol–water partition coefficient (Wildman–Crippen LogP) is 2.82. The molecule has 1 saturated heterocycles. The maximum absolute atomic E-state index is 13.3. The van der Waals surface area contributed by atoms with Gasteiger partial charge in [0.15, 0.2) is 5.65 Å². The van der Waals surface area contributed by atoms with Gasteiger partial charge in [0, 0.05) is 30.4 Å². The maximum atomic E-state index is 13.3. The number of carbonyl (C=O) groups excluding carboxylic acids is 2. The third kappa shape index (κ3) is 4.87. The maximum Gasteiger partial charge on any atom is 0.255 e. The van der Waals surface area contributed by atoms with E-state index in [0.29, 0.717) is 46.9 Å². The van der Waals surface area contributed by atoms with Crippen molar-refractivity contribution in [2.45, 2.75) is 56.7 Å². The molecule has 3 N–H and O–H groups in total. The molecule has 2 saturated carbocycles. The number of anilines is 1. The van der Waals surface area contributed by atoms with Crippen LogP contribution in [-0.2, 0) is 9.53 Å². The lowest BCUT2D eigenvalue weighted by Crippen LogP contribution is -2.42. The van der Waals surface area contributed by atoms with Crippen molar-refractivity contribution in [1.82, 2.24) is 30.2 Å². The Bertz CT molecular complexity index is 1300. The summed E-state index contributed by atoms with van der Waals surface area (Å²) in [4.78, 5) is 34.6. The summed E-state index contributed by atoms with van der Waals surface area (Å²) in [5.74, 6) is 0.0399. The monoisotopic (exact) mass is 509 g/mol. The highest BCUT2D eigenvalue weighted by atomic mass is 35.5. The molecule has 0 aromatic carbocycles. The van der Waals surface area contributed by atoms with E-state index in [0.717, 1.165) is 44.1 Å². The molecular weight excluding hydrogens is 482 g/mol. The normalized spacial score (nSPS) is 22.1. The molecule has 6 rings (SSSR count). The number of ether oxygens (including phenoxy) is 1. The number of pyridine rings is 1. The molecular formula is C25H28ClN7O3. The topological polar surface area (TPSA) is 123 Å². The highest BCUT2D eigenvalue weighted by Gasteiger charge is 2.31. The van der Waals surface area contributed by atoms with Gasteiger partial charge in [-0.05, 0) is 44.6 Å². The van der Waals surface area contributed by atoms with Crippen molar-refractivity contribution in [3.8, 4) is 11.3 Å². The number of amides is 2. The van der Waals surface area contributed by atoms with Gasteiger partial charge < -0.3 is 20.7 Å². The van der Waals surface area contributed by atoms with Gasteiger partial charge >= 0.3 is 0 Å². The van der Waals surface area contributed by atoms with Gasteiger partial charge in [-0.3, -0.25) is 14.6 Å². The minimum Gasteiger partial charge on any atom is -0.377 e. The predicted molar refractivity (Wildman–Crippen MR) is 134 cm³/mol. The summed E-state index contributed by atoms with van der Waals surface area (Å²) >= 11 is 6.04. The number of nitrogens with one attached hydrogen (secondary N) is 3. The third-order valence-electron chi connectivity index (χ3n) is 7.10. The average Bonchev–Trinajstić information content (AvgIpc) is 3.57. The molecule has 36 heavy (non-hydrogen) atoms. The number of fused-ring (bicyclic) bond motifs is 1. The number of halogens is 1. The largest absolute Gasteiger partial charge is 0.377 e. The van der Waals surface area contributed by atoms with Crippen LogP contribution in [0.1, 0.15) is 48.9 Å². The summed E-state index contributed by atoms with van der Waals surface area (Å²) in [5.41, 5.74) is 3.20. The molecule has 0 unspecified atom stereocenters. The van der Waals surface area contributed by atoms with E-state index in [-0.39, 0.29) is 29.8 Å². The highest BCUT2D eigenvalue weighted by molar-refractivity contribution is 6.30. The van der Waals surface area contributed by atoms with E-state index in [9.17, 15) is 9.59 Å². The first-order valence-electron chi connectivity index (χ1n) is 12.5. The second kappa shape index (κ2) is 9.67. The van der Waals surface area contributed by atoms with Crippen molar-refractivity contribution in [2.24, 2.45) is 5.92 Å². The van der Waals surface area contributed by atoms with Gasteiger partial charge in [0.1, 0.15) is 0 Å². The SMILES string of the molecule is O=C(NC1CCC(C(=O)NC2CC2)CC1)c1cnc(-c2cnn3cc(Cl)cnc23)cc1NC1COC1. The molecule has 0 radical (unpaired) electrons. The van der Waals surface area contributed by atoms with Crippen molar-refractivity contribution < 1.29 is 14.3 Å². The number of nitrogens with zero attached hydrogens (tertiary/aromatic N) is 4. The van der Waals surface area contributed by atoms with E-state index < -0.39 is 0 Å². The molecule has 0 spiro atoms. The Labute approximate surface area is 213 Å². The molecule has 1 aliphatic heterocycles. The van der Waals surface area contributed by atoms with E-state index in [1.807, 2.05) is 6.07 Å². The zero-order valence-corrected chi connectivity index (χ0v) is 20.5. The summed E-state index contributed by atoms with van der Waals surface area (Å²) in [6.07, 6.45) is 11.9. The summed E-state index contributed by atoms with van der Waals surface area (Å²) in [5, 5.41) is 14.5. The van der Waals surface area contributed by atoms with Crippen LogP contribution in [0, 0.1) is 5.92 Å². The van der Waals surface area contributed by atoms with Crippen LogP contribution in [0.15, 0.2) is 30.9 Å². The molecule has 3 aromatic heterocycles. The van der Waals surface area contributed by atoms with Crippen LogP contribution >= 0.6 is 11.6 Å². The molecule has 188 valence electrons. The van der Waals surface area contributed by atoms with Crippen molar-refractivity contribution in [2.75, 3.05) is 18.5 Å². The Kier molecular flexibility index (Phi) is 6.22. The fourth-order valence-electron chi connectivity index (χ4n) is 4.78. The molecule has 2 aliphatic carbocycles. The van der Waals surface area contributed by atoms with Gasteiger partial charge in [-0.25, -0.2) is 9.50 Å². The van der Waals surface area contributed by atoms with Gasteiger partial charge in [-0.2, -0.15) is 5.10 Å². The second-order valence-corrected chi connectivity index (χ2v) is 10.3. The summed E-state index contributed by atoms with van der Waals surface area (Å²) in [7, 11) is 0. The third-order valence-corrected chi connectivity index (χ3v) is 7.30. The Morgan fingerprint density at radius 1 is 0.944 bits per heavy atom. The molecule has 3 aromatic rings. The smallest absolute Gasteiger partial charge is 0.255 e. The van der Waals surface area contributed by atoms with Crippen molar-refractivity contribution in [3.05, 3.63) is 41.4 Å². The Hall–Kier alpha value is -3.24. The molecule has 2 amide bonds. The highest BCUT2D eigenvalue weighted by Crippen LogP contribution is 2.30. The quantitative estimate of drug-likeness (QED) is 0.447.